The van der Waals surface area contributed by atoms with Crippen LogP contribution in [0.15, 0.2) is 42.5 Å². The molecule has 3 rings (SSSR count). The molecule has 0 aliphatic carbocycles. The third-order valence-electron chi connectivity index (χ3n) is 3.50. The van der Waals surface area contributed by atoms with Crippen molar-refractivity contribution in [1.82, 2.24) is 10.2 Å². The van der Waals surface area contributed by atoms with Crippen molar-refractivity contribution in [3.63, 3.8) is 0 Å². The molecule has 122 valence electrons. The van der Waals surface area contributed by atoms with Crippen LogP contribution in [0.3, 0.4) is 0 Å². The minimum atomic E-state index is -0.985. The van der Waals surface area contributed by atoms with Gasteiger partial charge in [0.05, 0.1) is 11.4 Å². The second-order valence-electron chi connectivity index (χ2n) is 5.10. The first-order chi connectivity index (χ1) is 11.5. The number of anilines is 1. The van der Waals surface area contributed by atoms with Crippen molar-refractivity contribution in [3.05, 3.63) is 71.2 Å². The number of carbonyl (C=O) groups excluding carboxylic acids is 1. The van der Waals surface area contributed by atoms with Gasteiger partial charge >= 0.3 is 0 Å². The maximum atomic E-state index is 14.0. The Labute approximate surface area is 135 Å². The smallest absolute Gasteiger partial charge is 0.261 e. The number of rotatable bonds is 3. The van der Waals surface area contributed by atoms with E-state index < -0.39 is 28.9 Å². The summed E-state index contributed by atoms with van der Waals surface area (Å²) in [6.45, 7) is 1.60. The van der Waals surface area contributed by atoms with Crippen molar-refractivity contribution in [1.29, 1.82) is 0 Å². The summed E-state index contributed by atoms with van der Waals surface area (Å²) in [5.41, 5.74) is 0.186. The molecule has 0 saturated heterocycles. The molecular weight excluding hydrogens is 319 g/mol. The lowest BCUT2D eigenvalue weighted by atomic mass is 10.1. The highest BCUT2D eigenvalue weighted by Gasteiger charge is 2.22. The Hall–Kier alpha value is -3.09. The summed E-state index contributed by atoms with van der Waals surface area (Å²) >= 11 is 0. The largest absolute Gasteiger partial charge is 0.318 e. The molecule has 0 fully saturated rings. The fourth-order valence-electron chi connectivity index (χ4n) is 2.32. The molecule has 0 unspecified atom stereocenters. The minimum absolute atomic E-state index is 0.149. The second-order valence-corrected chi connectivity index (χ2v) is 5.10. The van der Waals surface area contributed by atoms with Crippen LogP contribution in [0.1, 0.15) is 16.1 Å². The number of carbonyl (C=O) groups is 1. The van der Waals surface area contributed by atoms with Crippen molar-refractivity contribution in [2.75, 3.05) is 5.32 Å². The first kappa shape index (κ1) is 15.8. The lowest BCUT2D eigenvalue weighted by Gasteiger charge is -2.09. The van der Waals surface area contributed by atoms with Crippen molar-refractivity contribution in [2.45, 2.75) is 6.92 Å². The molecule has 0 spiro atoms. The molecule has 24 heavy (non-hydrogen) atoms. The van der Waals surface area contributed by atoms with Gasteiger partial charge in [-0.15, -0.1) is 0 Å². The van der Waals surface area contributed by atoms with Crippen LogP contribution in [0, 0.1) is 24.4 Å². The highest BCUT2D eigenvalue weighted by atomic mass is 19.1. The summed E-state index contributed by atoms with van der Waals surface area (Å²) in [4.78, 5) is 12.2. The number of benzene rings is 2. The number of hydrogen-bond donors (Lipinski definition) is 2. The molecule has 0 saturated carbocycles. The highest BCUT2D eigenvalue weighted by molar-refractivity contribution is 6.06. The number of nitrogens with zero attached hydrogens (tertiary/aromatic N) is 1. The van der Waals surface area contributed by atoms with Gasteiger partial charge < -0.3 is 5.32 Å². The molecule has 0 aliphatic rings. The summed E-state index contributed by atoms with van der Waals surface area (Å²) < 4.78 is 41.4. The van der Waals surface area contributed by atoms with Gasteiger partial charge in [-0.3, -0.25) is 9.89 Å². The van der Waals surface area contributed by atoms with Crippen LogP contribution in [-0.4, -0.2) is 16.1 Å². The molecule has 0 bridgehead atoms. The fourth-order valence-corrected chi connectivity index (χ4v) is 2.32. The molecule has 7 heteroatoms. The minimum Gasteiger partial charge on any atom is -0.318 e. The Balaban J connectivity index is 2.01. The molecule has 0 aliphatic heterocycles. The van der Waals surface area contributed by atoms with E-state index in [0.717, 1.165) is 18.2 Å². The lowest BCUT2D eigenvalue weighted by Crippen LogP contribution is -2.16. The monoisotopic (exact) mass is 331 g/mol. The van der Waals surface area contributed by atoms with E-state index in [-0.39, 0.29) is 16.9 Å². The van der Waals surface area contributed by atoms with Crippen molar-refractivity contribution in [2.24, 2.45) is 0 Å². The van der Waals surface area contributed by atoms with Gasteiger partial charge in [-0.1, -0.05) is 18.2 Å². The molecule has 2 aromatic carbocycles. The molecule has 2 N–H and O–H groups in total. The molecule has 1 amide bonds. The maximum absolute atomic E-state index is 14.0. The third kappa shape index (κ3) is 2.76. The van der Waals surface area contributed by atoms with E-state index in [0.29, 0.717) is 5.69 Å². The van der Waals surface area contributed by atoms with Crippen LogP contribution in [0.2, 0.25) is 0 Å². The molecule has 0 atom stereocenters. The SMILES string of the molecule is Cc1[nH]nc(-c2ccccc2F)c1NC(=O)c1c(F)cccc1F. The number of aryl methyl sites for hydroxylation is 1. The standard InChI is InChI=1S/C17H12F3N3O/c1-9-15(16(23-22-9)10-5-2-3-6-11(10)18)21-17(24)14-12(19)7-4-8-13(14)20/h2-8H,1H3,(H,21,24)(H,22,23). The summed E-state index contributed by atoms with van der Waals surface area (Å²) in [6.07, 6.45) is 0. The van der Waals surface area contributed by atoms with E-state index in [2.05, 4.69) is 15.5 Å². The van der Waals surface area contributed by atoms with Crippen LogP contribution >= 0.6 is 0 Å². The molecule has 3 aromatic rings. The number of halogens is 3. The second kappa shape index (κ2) is 6.19. The number of aromatic amines is 1. The average Bonchev–Trinajstić information content (AvgIpc) is 2.89. The van der Waals surface area contributed by atoms with Crippen LogP contribution in [-0.2, 0) is 0 Å². The van der Waals surface area contributed by atoms with Gasteiger partial charge in [0, 0.05) is 5.56 Å². The first-order valence-electron chi connectivity index (χ1n) is 7.04. The van der Waals surface area contributed by atoms with E-state index >= 15 is 0 Å². The van der Waals surface area contributed by atoms with E-state index in [1.807, 2.05) is 0 Å². The van der Waals surface area contributed by atoms with Gasteiger partial charge in [-0.25, -0.2) is 13.2 Å². The predicted molar refractivity (Wildman–Crippen MR) is 83.0 cm³/mol. The van der Waals surface area contributed by atoms with Crippen LogP contribution in [0.25, 0.3) is 11.3 Å². The summed E-state index contributed by atoms with van der Waals surface area (Å²) in [6, 6.07) is 9.01. The Morgan fingerprint density at radius 2 is 1.62 bits per heavy atom. The van der Waals surface area contributed by atoms with E-state index in [1.165, 1.54) is 18.2 Å². The summed E-state index contributed by atoms with van der Waals surface area (Å²) in [7, 11) is 0. The van der Waals surface area contributed by atoms with Gasteiger partial charge in [0.25, 0.3) is 5.91 Å². The van der Waals surface area contributed by atoms with Crippen molar-refractivity contribution < 1.29 is 18.0 Å². The Morgan fingerprint density at radius 3 is 2.29 bits per heavy atom. The maximum Gasteiger partial charge on any atom is 0.261 e. The van der Waals surface area contributed by atoms with Crippen molar-refractivity contribution >= 4 is 11.6 Å². The average molecular weight is 331 g/mol. The lowest BCUT2D eigenvalue weighted by molar-refractivity contribution is 0.101. The zero-order chi connectivity index (χ0) is 17.3. The third-order valence-corrected chi connectivity index (χ3v) is 3.50. The van der Waals surface area contributed by atoms with Gasteiger partial charge in [0.15, 0.2) is 0 Å². The molecular formula is C17H12F3N3O. The molecule has 4 nitrogen and oxygen atoms in total. The van der Waals surface area contributed by atoms with Crippen LogP contribution < -0.4 is 5.32 Å². The first-order valence-corrected chi connectivity index (χ1v) is 7.04. The summed E-state index contributed by atoms with van der Waals surface area (Å²) in [5.74, 6) is -3.48. The number of amides is 1. The zero-order valence-electron chi connectivity index (χ0n) is 12.5. The highest BCUT2D eigenvalue weighted by Crippen LogP contribution is 2.30. The van der Waals surface area contributed by atoms with E-state index in [4.69, 9.17) is 0 Å². The Kier molecular flexibility index (Phi) is 4.07. The number of nitrogens with one attached hydrogen (secondary N) is 2. The fraction of sp³-hybridized carbons (Fsp3) is 0.0588. The Morgan fingerprint density at radius 1 is 1.00 bits per heavy atom. The number of H-pyrrole nitrogens is 1. The topological polar surface area (TPSA) is 57.8 Å². The van der Waals surface area contributed by atoms with Gasteiger partial charge in [0.2, 0.25) is 0 Å². The van der Waals surface area contributed by atoms with Crippen LogP contribution in [0.4, 0.5) is 18.9 Å². The molecule has 1 aromatic heterocycles. The van der Waals surface area contributed by atoms with Gasteiger partial charge in [-0.2, -0.15) is 5.10 Å². The number of aromatic nitrogens is 2. The molecule has 0 radical (unpaired) electrons. The Bertz CT molecular complexity index is 901. The van der Waals surface area contributed by atoms with Gasteiger partial charge in [-0.05, 0) is 31.2 Å². The van der Waals surface area contributed by atoms with Crippen LogP contribution in [0.5, 0.6) is 0 Å². The zero-order valence-corrected chi connectivity index (χ0v) is 12.5. The van der Waals surface area contributed by atoms with Gasteiger partial charge in [0.1, 0.15) is 28.7 Å². The summed E-state index contributed by atoms with van der Waals surface area (Å²) in [5, 5.41) is 9.00. The van der Waals surface area contributed by atoms with Crippen molar-refractivity contribution in [3.8, 4) is 11.3 Å². The van der Waals surface area contributed by atoms with E-state index in [1.54, 1.807) is 13.0 Å². The normalized spacial score (nSPS) is 10.7. The number of hydrogen-bond acceptors (Lipinski definition) is 2. The quantitative estimate of drug-likeness (QED) is 0.760. The molecule has 1 heterocycles. The van der Waals surface area contributed by atoms with E-state index in [9.17, 15) is 18.0 Å². The predicted octanol–water partition coefficient (Wildman–Crippen LogP) is 4.05.